The van der Waals surface area contributed by atoms with Gasteiger partial charge in [-0.2, -0.15) is 10.2 Å². The third-order valence-electron chi connectivity index (χ3n) is 5.93. The Morgan fingerprint density at radius 1 is 1.13 bits per heavy atom. The molecule has 0 bridgehead atoms. The van der Waals surface area contributed by atoms with Crippen molar-refractivity contribution in [1.82, 2.24) is 15.1 Å². The summed E-state index contributed by atoms with van der Waals surface area (Å²) in [7, 11) is 0. The number of rotatable bonds is 7. The monoisotopic (exact) mass is 420 g/mol. The minimum Gasteiger partial charge on any atom is -0.494 e. The number of nitrogens with zero attached hydrogens (tertiary/aromatic N) is 6. The normalized spacial score (nSPS) is 21.1. The van der Waals surface area contributed by atoms with E-state index in [-0.39, 0.29) is 6.04 Å². The lowest BCUT2D eigenvalue weighted by Gasteiger charge is -2.26. The smallest absolute Gasteiger partial charge is 0.201 e. The van der Waals surface area contributed by atoms with Crippen LogP contribution in [0.5, 0.6) is 5.75 Å². The predicted molar refractivity (Wildman–Crippen MR) is 120 cm³/mol. The Balaban J connectivity index is 1.18. The van der Waals surface area contributed by atoms with Gasteiger partial charge in [0.2, 0.25) is 5.84 Å². The fraction of sp³-hybridized carbons (Fsp3) is 0.478. The summed E-state index contributed by atoms with van der Waals surface area (Å²) in [5.41, 5.74) is 2.74. The second kappa shape index (κ2) is 9.01. The molecule has 8 nitrogen and oxygen atoms in total. The fourth-order valence-corrected chi connectivity index (χ4v) is 4.28. The van der Waals surface area contributed by atoms with Gasteiger partial charge in [0.25, 0.3) is 0 Å². The third kappa shape index (κ3) is 4.54. The van der Waals surface area contributed by atoms with E-state index in [1.807, 2.05) is 36.3 Å². The van der Waals surface area contributed by atoms with Gasteiger partial charge in [0, 0.05) is 19.0 Å². The number of benzene rings is 1. The van der Waals surface area contributed by atoms with Crippen LogP contribution in [0.1, 0.15) is 49.1 Å². The minimum absolute atomic E-state index is 0.0465. The van der Waals surface area contributed by atoms with Crippen molar-refractivity contribution < 1.29 is 9.26 Å². The fourth-order valence-electron chi connectivity index (χ4n) is 4.28. The van der Waals surface area contributed by atoms with E-state index in [1.165, 1.54) is 32.4 Å². The third-order valence-corrected chi connectivity index (χ3v) is 5.93. The second-order valence-corrected chi connectivity index (χ2v) is 8.30. The van der Waals surface area contributed by atoms with Gasteiger partial charge in [-0.1, -0.05) is 11.6 Å². The highest BCUT2D eigenvalue weighted by Crippen LogP contribution is 2.25. The SMILES string of the molecule is Cc1cc(C2=NN=CC3CC(c4ccc(OCCCN5CCCCC5)cc4)=NN23)no1. The minimum atomic E-state index is 0.0465. The molecular formula is C23H28N6O2. The highest BCUT2D eigenvalue weighted by atomic mass is 16.5. The van der Waals surface area contributed by atoms with E-state index in [9.17, 15) is 0 Å². The van der Waals surface area contributed by atoms with Gasteiger partial charge in [-0.25, -0.2) is 5.01 Å². The maximum absolute atomic E-state index is 5.95. The summed E-state index contributed by atoms with van der Waals surface area (Å²) in [5, 5.41) is 19.1. The molecule has 0 saturated carbocycles. The summed E-state index contributed by atoms with van der Waals surface area (Å²) < 4.78 is 11.1. The highest BCUT2D eigenvalue weighted by molar-refractivity contribution is 6.08. The first-order valence-electron chi connectivity index (χ1n) is 11.1. The average Bonchev–Trinajstić information content (AvgIpc) is 3.44. The summed E-state index contributed by atoms with van der Waals surface area (Å²) in [6, 6.07) is 10.1. The topological polar surface area (TPSA) is 78.8 Å². The Labute approximate surface area is 182 Å². The molecule has 1 unspecified atom stereocenters. The standard InChI is InChI=1S/C23H28N6O2/c1-17-14-22(27-31-17)23-25-24-16-19-15-21(26-29(19)23)18-6-8-20(9-7-18)30-13-5-12-28-10-3-2-4-11-28/h6-9,14,16,19H,2-5,10-13,15H2,1H3. The van der Waals surface area contributed by atoms with Gasteiger partial charge in [-0.3, -0.25) is 0 Å². The molecule has 31 heavy (non-hydrogen) atoms. The van der Waals surface area contributed by atoms with Gasteiger partial charge in [0.05, 0.1) is 24.6 Å². The van der Waals surface area contributed by atoms with Crippen molar-refractivity contribution in [2.75, 3.05) is 26.2 Å². The van der Waals surface area contributed by atoms with Gasteiger partial charge in [0.15, 0.2) is 5.69 Å². The van der Waals surface area contributed by atoms with Crippen LogP contribution >= 0.6 is 0 Å². The summed E-state index contributed by atoms with van der Waals surface area (Å²) in [5.74, 6) is 2.26. The van der Waals surface area contributed by atoms with Crippen LogP contribution in [0.15, 0.2) is 50.2 Å². The van der Waals surface area contributed by atoms with Gasteiger partial charge >= 0.3 is 0 Å². The number of fused-ring (bicyclic) bond motifs is 1. The van der Waals surface area contributed by atoms with Crippen LogP contribution in [0.3, 0.4) is 0 Å². The largest absolute Gasteiger partial charge is 0.494 e. The van der Waals surface area contributed by atoms with Crippen LogP contribution in [0, 0.1) is 6.92 Å². The van der Waals surface area contributed by atoms with Crippen LogP contribution in [0.25, 0.3) is 0 Å². The lowest BCUT2D eigenvalue weighted by molar-refractivity contribution is 0.205. The number of piperidine rings is 1. The van der Waals surface area contributed by atoms with Crippen molar-refractivity contribution in [3.8, 4) is 5.75 Å². The molecule has 0 radical (unpaired) electrons. The van der Waals surface area contributed by atoms with Crippen LogP contribution in [0.2, 0.25) is 0 Å². The van der Waals surface area contributed by atoms with E-state index in [4.69, 9.17) is 14.4 Å². The van der Waals surface area contributed by atoms with Gasteiger partial charge in [-0.05, 0) is 69.1 Å². The summed E-state index contributed by atoms with van der Waals surface area (Å²) in [6.45, 7) is 6.21. The van der Waals surface area contributed by atoms with Crippen molar-refractivity contribution in [3.63, 3.8) is 0 Å². The van der Waals surface area contributed by atoms with Crippen molar-refractivity contribution in [3.05, 3.63) is 47.3 Å². The second-order valence-electron chi connectivity index (χ2n) is 8.30. The molecule has 162 valence electrons. The Hall–Kier alpha value is -3.00. The first-order valence-corrected chi connectivity index (χ1v) is 11.1. The lowest BCUT2D eigenvalue weighted by atomic mass is 10.0. The molecule has 1 atom stereocenters. The molecule has 0 amide bonds. The summed E-state index contributed by atoms with van der Waals surface area (Å²) in [4.78, 5) is 2.55. The van der Waals surface area contributed by atoms with Crippen molar-refractivity contribution in [2.45, 2.75) is 45.1 Å². The summed E-state index contributed by atoms with van der Waals surface area (Å²) >= 11 is 0. The number of amidine groups is 1. The maximum Gasteiger partial charge on any atom is 0.201 e. The van der Waals surface area contributed by atoms with Crippen LogP contribution < -0.4 is 4.74 Å². The molecular weight excluding hydrogens is 392 g/mol. The van der Waals surface area contributed by atoms with Crippen molar-refractivity contribution in [1.29, 1.82) is 0 Å². The Bertz CT molecular complexity index is 988. The average molecular weight is 421 g/mol. The van der Waals surface area contributed by atoms with E-state index in [0.29, 0.717) is 11.5 Å². The number of aromatic nitrogens is 1. The van der Waals surface area contributed by atoms with E-state index in [1.54, 1.807) is 0 Å². The molecule has 5 rings (SSSR count). The number of hydrogen-bond acceptors (Lipinski definition) is 8. The van der Waals surface area contributed by atoms with Gasteiger partial charge < -0.3 is 14.2 Å². The first kappa shape index (κ1) is 19.9. The van der Waals surface area contributed by atoms with E-state index >= 15 is 0 Å². The first-order chi connectivity index (χ1) is 15.3. The number of aryl methyl sites for hydroxylation is 1. The van der Waals surface area contributed by atoms with Gasteiger partial charge in [-0.15, -0.1) is 5.10 Å². The van der Waals surface area contributed by atoms with Crippen molar-refractivity contribution in [2.24, 2.45) is 15.3 Å². The molecule has 1 fully saturated rings. The molecule has 1 aromatic carbocycles. The number of hydrazone groups is 1. The van der Waals surface area contributed by atoms with Crippen LogP contribution in [-0.4, -0.2) is 65.1 Å². The predicted octanol–water partition coefficient (Wildman–Crippen LogP) is 3.46. The molecule has 4 heterocycles. The Morgan fingerprint density at radius 3 is 2.74 bits per heavy atom. The zero-order chi connectivity index (χ0) is 21.0. The molecule has 1 aromatic heterocycles. The number of hydrogen-bond donors (Lipinski definition) is 0. The van der Waals surface area contributed by atoms with E-state index < -0.39 is 0 Å². The zero-order valence-corrected chi connectivity index (χ0v) is 17.9. The molecule has 3 aliphatic rings. The molecule has 0 aliphatic carbocycles. The van der Waals surface area contributed by atoms with Crippen molar-refractivity contribution >= 4 is 17.8 Å². The Morgan fingerprint density at radius 2 is 1.97 bits per heavy atom. The molecule has 2 aromatic rings. The zero-order valence-electron chi connectivity index (χ0n) is 17.9. The molecule has 1 saturated heterocycles. The van der Waals surface area contributed by atoms with Crippen LogP contribution in [0.4, 0.5) is 0 Å². The van der Waals surface area contributed by atoms with Gasteiger partial charge in [0.1, 0.15) is 11.5 Å². The quantitative estimate of drug-likeness (QED) is 0.641. The molecule has 8 heteroatoms. The molecule has 0 N–H and O–H groups in total. The Kier molecular flexibility index (Phi) is 5.80. The van der Waals surface area contributed by atoms with E-state index in [0.717, 1.165) is 48.8 Å². The molecule has 3 aliphatic heterocycles. The number of likely N-dealkylation sites (tertiary alicyclic amines) is 1. The highest BCUT2D eigenvalue weighted by Gasteiger charge is 2.33. The van der Waals surface area contributed by atoms with E-state index in [2.05, 4.69) is 32.4 Å². The molecule has 0 spiro atoms. The summed E-state index contributed by atoms with van der Waals surface area (Å²) in [6.07, 6.45) is 7.71. The lowest BCUT2D eigenvalue weighted by Crippen LogP contribution is -2.36. The van der Waals surface area contributed by atoms with Crippen LogP contribution in [-0.2, 0) is 0 Å². The number of ether oxygens (including phenoxy) is 1. The maximum atomic E-state index is 5.95.